The molecule has 1 rings (SSSR count). The number of rotatable bonds is 6. The highest BCUT2D eigenvalue weighted by Gasteiger charge is 2.21. The number of benzene rings is 1. The van der Waals surface area contributed by atoms with Crippen molar-refractivity contribution < 1.29 is 28.6 Å². The number of hydrogen-bond acceptors (Lipinski definition) is 6. The smallest absolute Gasteiger partial charge is 0.374 e. The largest absolute Gasteiger partial charge is 0.497 e. The van der Waals surface area contributed by atoms with Gasteiger partial charge in [-0.15, -0.1) is 0 Å². The molecule has 0 unspecified atom stereocenters. The Bertz CT molecular complexity index is 506. The van der Waals surface area contributed by atoms with Crippen LogP contribution in [0, 0.1) is 0 Å². The van der Waals surface area contributed by atoms with Crippen molar-refractivity contribution in [2.24, 2.45) is 0 Å². The number of hydrogen-bond donors (Lipinski definition) is 0. The van der Waals surface area contributed by atoms with Crippen molar-refractivity contribution in [3.63, 3.8) is 0 Å². The quantitative estimate of drug-likeness (QED) is 0.331. The third-order valence-corrected chi connectivity index (χ3v) is 2.44. The van der Waals surface area contributed by atoms with Gasteiger partial charge in [-0.3, -0.25) is 9.59 Å². The molecule has 0 radical (unpaired) electrons. The van der Waals surface area contributed by atoms with Gasteiger partial charge >= 0.3 is 5.97 Å². The van der Waals surface area contributed by atoms with Gasteiger partial charge in [0.2, 0.25) is 5.78 Å². The molecule has 0 aliphatic heterocycles. The summed E-state index contributed by atoms with van der Waals surface area (Å²) in [5.74, 6) is -1.66. The first-order chi connectivity index (χ1) is 9.03. The van der Waals surface area contributed by atoms with Gasteiger partial charge in [0, 0.05) is 6.07 Å². The SMILES string of the molecule is COC(=O)C(=O)CC(=O)c1ccc(OC)cc1OC. The average molecular weight is 266 g/mol. The maximum atomic E-state index is 11.9. The summed E-state index contributed by atoms with van der Waals surface area (Å²) in [5.41, 5.74) is 0.209. The van der Waals surface area contributed by atoms with Crippen LogP contribution >= 0.6 is 0 Å². The highest BCUT2D eigenvalue weighted by molar-refractivity contribution is 6.38. The van der Waals surface area contributed by atoms with Crippen molar-refractivity contribution in [2.45, 2.75) is 6.42 Å². The topological polar surface area (TPSA) is 78.9 Å². The molecule has 6 heteroatoms. The molecule has 0 saturated heterocycles. The Hall–Kier alpha value is -2.37. The van der Waals surface area contributed by atoms with E-state index in [1.54, 1.807) is 6.07 Å². The normalized spacial score (nSPS) is 9.63. The van der Waals surface area contributed by atoms with E-state index in [-0.39, 0.29) is 11.3 Å². The zero-order valence-electron chi connectivity index (χ0n) is 10.9. The van der Waals surface area contributed by atoms with Crippen LogP contribution in [-0.2, 0) is 14.3 Å². The Morgan fingerprint density at radius 1 is 1.05 bits per heavy atom. The first-order valence-electron chi connectivity index (χ1n) is 5.39. The molecule has 0 spiro atoms. The highest BCUT2D eigenvalue weighted by atomic mass is 16.5. The lowest BCUT2D eigenvalue weighted by molar-refractivity contribution is -0.151. The third kappa shape index (κ3) is 3.54. The fourth-order valence-electron chi connectivity index (χ4n) is 1.46. The van der Waals surface area contributed by atoms with Crippen LogP contribution in [0.2, 0.25) is 0 Å². The van der Waals surface area contributed by atoms with Crippen LogP contribution in [0.25, 0.3) is 0 Å². The Morgan fingerprint density at radius 2 is 1.74 bits per heavy atom. The first-order valence-corrected chi connectivity index (χ1v) is 5.39. The first kappa shape index (κ1) is 14.7. The molecule has 1 aromatic carbocycles. The summed E-state index contributed by atoms with van der Waals surface area (Å²) in [6.07, 6.45) is -0.560. The van der Waals surface area contributed by atoms with Gasteiger partial charge in [-0.2, -0.15) is 0 Å². The predicted octanol–water partition coefficient (Wildman–Crippen LogP) is 1.02. The van der Waals surface area contributed by atoms with E-state index in [2.05, 4.69) is 4.74 Å². The molecule has 0 atom stereocenters. The molecule has 0 fully saturated rings. The van der Waals surface area contributed by atoms with E-state index in [9.17, 15) is 14.4 Å². The number of methoxy groups -OCH3 is 3. The van der Waals surface area contributed by atoms with Crippen molar-refractivity contribution in [3.05, 3.63) is 23.8 Å². The van der Waals surface area contributed by atoms with Crippen molar-refractivity contribution in [1.82, 2.24) is 0 Å². The second-order valence-electron chi connectivity index (χ2n) is 3.58. The third-order valence-electron chi connectivity index (χ3n) is 2.44. The molecular weight excluding hydrogens is 252 g/mol. The van der Waals surface area contributed by atoms with Crippen LogP contribution in [0.3, 0.4) is 0 Å². The monoisotopic (exact) mass is 266 g/mol. The molecule has 0 bridgehead atoms. The molecule has 1 aromatic rings. The van der Waals surface area contributed by atoms with E-state index in [1.807, 2.05) is 0 Å². The van der Waals surface area contributed by atoms with Crippen LogP contribution < -0.4 is 9.47 Å². The van der Waals surface area contributed by atoms with Crippen molar-refractivity contribution in [1.29, 1.82) is 0 Å². The van der Waals surface area contributed by atoms with Crippen molar-refractivity contribution >= 4 is 17.5 Å². The fraction of sp³-hybridized carbons (Fsp3) is 0.308. The molecule has 0 aromatic heterocycles. The van der Waals surface area contributed by atoms with Crippen LogP contribution in [0.1, 0.15) is 16.8 Å². The molecule has 0 amide bonds. The standard InChI is InChI=1S/C13H14O6/c1-17-8-4-5-9(12(6-8)18-2)10(14)7-11(15)13(16)19-3/h4-6H,7H2,1-3H3. The van der Waals surface area contributed by atoms with Crippen LogP contribution in [-0.4, -0.2) is 38.9 Å². The maximum Gasteiger partial charge on any atom is 0.374 e. The fourth-order valence-corrected chi connectivity index (χ4v) is 1.46. The zero-order valence-corrected chi connectivity index (χ0v) is 10.9. The number of ether oxygens (including phenoxy) is 3. The van der Waals surface area contributed by atoms with Gasteiger partial charge in [-0.1, -0.05) is 0 Å². The minimum absolute atomic E-state index is 0.209. The van der Waals surface area contributed by atoms with E-state index in [0.29, 0.717) is 5.75 Å². The average Bonchev–Trinajstić information content (AvgIpc) is 2.45. The minimum atomic E-state index is -1.04. The molecule has 0 saturated carbocycles. The van der Waals surface area contributed by atoms with Gasteiger partial charge in [-0.05, 0) is 12.1 Å². The van der Waals surface area contributed by atoms with E-state index in [1.165, 1.54) is 26.4 Å². The van der Waals surface area contributed by atoms with E-state index < -0.39 is 24.0 Å². The van der Waals surface area contributed by atoms with Crippen molar-refractivity contribution in [3.8, 4) is 11.5 Å². The summed E-state index contributed by atoms with van der Waals surface area (Å²) in [7, 11) is 3.96. The lowest BCUT2D eigenvalue weighted by Crippen LogP contribution is -2.19. The van der Waals surface area contributed by atoms with Crippen LogP contribution in [0.4, 0.5) is 0 Å². The Morgan fingerprint density at radius 3 is 2.26 bits per heavy atom. The van der Waals surface area contributed by atoms with E-state index in [4.69, 9.17) is 9.47 Å². The summed E-state index contributed by atoms with van der Waals surface area (Å²) in [5, 5.41) is 0. The maximum absolute atomic E-state index is 11.9. The van der Waals surface area contributed by atoms with Gasteiger partial charge in [0.1, 0.15) is 11.5 Å². The summed E-state index contributed by atoms with van der Waals surface area (Å²) < 4.78 is 14.3. The lowest BCUT2D eigenvalue weighted by atomic mass is 10.0. The van der Waals surface area contributed by atoms with E-state index in [0.717, 1.165) is 7.11 Å². The zero-order chi connectivity index (χ0) is 14.4. The second-order valence-corrected chi connectivity index (χ2v) is 3.58. The highest BCUT2D eigenvalue weighted by Crippen LogP contribution is 2.25. The van der Waals surface area contributed by atoms with E-state index >= 15 is 0 Å². The van der Waals surface area contributed by atoms with Gasteiger partial charge in [-0.25, -0.2) is 4.79 Å². The Kier molecular flexibility index (Phi) is 5.05. The molecule has 0 aliphatic carbocycles. The van der Waals surface area contributed by atoms with Gasteiger partial charge in [0.25, 0.3) is 0 Å². The van der Waals surface area contributed by atoms with Gasteiger partial charge in [0.05, 0.1) is 33.3 Å². The summed E-state index contributed by atoms with van der Waals surface area (Å²) in [4.78, 5) is 34.2. The molecule has 102 valence electrons. The number of ketones is 2. The predicted molar refractivity (Wildman–Crippen MR) is 65.5 cm³/mol. The Balaban J connectivity index is 2.93. The molecule has 0 aliphatic rings. The number of esters is 1. The Labute approximate surface area is 110 Å². The molecule has 6 nitrogen and oxygen atoms in total. The van der Waals surface area contributed by atoms with Crippen molar-refractivity contribution in [2.75, 3.05) is 21.3 Å². The number of carbonyl (C=O) groups excluding carboxylic acids is 3. The molecule has 0 N–H and O–H groups in total. The van der Waals surface area contributed by atoms with Gasteiger partial charge in [0.15, 0.2) is 5.78 Å². The summed E-state index contributed by atoms with van der Waals surface area (Å²) >= 11 is 0. The number of Topliss-reactive ketones (excluding diaryl/α,β-unsaturated/α-hetero) is 2. The lowest BCUT2D eigenvalue weighted by Gasteiger charge is -2.09. The van der Waals surface area contributed by atoms with Crippen LogP contribution in [0.5, 0.6) is 11.5 Å². The number of carbonyl (C=O) groups is 3. The van der Waals surface area contributed by atoms with Gasteiger partial charge < -0.3 is 14.2 Å². The van der Waals surface area contributed by atoms with Crippen LogP contribution in [0.15, 0.2) is 18.2 Å². The summed E-state index contributed by atoms with van der Waals surface area (Å²) in [6.45, 7) is 0. The molecule has 19 heavy (non-hydrogen) atoms. The molecule has 0 heterocycles. The minimum Gasteiger partial charge on any atom is -0.497 e. The second kappa shape index (κ2) is 6.53. The summed E-state index contributed by atoms with van der Waals surface area (Å²) in [6, 6.07) is 4.57. The molecular formula is C13H14O6.